The molecule has 2 bridgehead atoms. The van der Waals surface area contributed by atoms with Crippen LogP contribution in [-0.2, 0) is 4.79 Å². The summed E-state index contributed by atoms with van der Waals surface area (Å²) in [6.07, 6.45) is 7.47. The summed E-state index contributed by atoms with van der Waals surface area (Å²) >= 11 is 0. The molecule has 0 spiro atoms. The Hall–Kier alpha value is -0.660. The number of carbonyl (C=O) groups excluding carboxylic acids is 1. The molecule has 0 unspecified atom stereocenters. The van der Waals surface area contributed by atoms with Gasteiger partial charge < -0.3 is 0 Å². The minimum atomic E-state index is -1.51. The third kappa shape index (κ3) is 1.41. The summed E-state index contributed by atoms with van der Waals surface area (Å²) in [5.41, 5.74) is -1.51. The van der Waals surface area contributed by atoms with Crippen molar-refractivity contribution < 1.29 is 9.18 Å². The second-order valence-corrected chi connectivity index (χ2v) is 4.58. The van der Waals surface area contributed by atoms with Crippen LogP contribution in [0.2, 0.25) is 0 Å². The second-order valence-electron chi connectivity index (χ2n) is 4.58. The zero-order chi connectivity index (χ0) is 10.2. The summed E-state index contributed by atoms with van der Waals surface area (Å²) in [6.45, 7) is 2.03. The molecule has 0 aromatic carbocycles. The fourth-order valence-corrected chi connectivity index (χ4v) is 2.66. The Kier molecular flexibility index (Phi) is 2.46. The molecule has 0 aliphatic heterocycles. The monoisotopic (exact) mass is 196 g/mol. The van der Waals surface area contributed by atoms with E-state index in [9.17, 15) is 9.18 Å². The highest BCUT2D eigenvalue weighted by Crippen LogP contribution is 2.49. The molecule has 1 nitrogen and oxygen atoms in total. The molecule has 1 fully saturated rings. The van der Waals surface area contributed by atoms with Crippen molar-refractivity contribution >= 4 is 5.78 Å². The van der Waals surface area contributed by atoms with Crippen LogP contribution in [0.25, 0.3) is 0 Å². The fourth-order valence-electron chi connectivity index (χ4n) is 2.66. The van der Waals surface area contributed by atoms with Gasteiger partial charge in [-0.15, -0.1) is 0 Å². The maximum Gasteiger partial charge on any atom is 0.175 e. The lowest BCUT2D eigenvalue weighted by molar-refractivity contribution is -0.132. The third-order valence-electron chi connectivity index (χ3n) is 3.54. The van der Waals surface area contributed by atoms with Gasteiger partial charge in [-0.05, 0) is 25.2 Å². The largest absolute Gasteiger partial charge is 0.296 e. The number of carbonyl (C=O) groups is 1. The maximum absolute atomic E-state index is 14.3. The van der Waals surface area contributed by atoms with Crippen LogP contribution >= 0.6 is 0 Å². The van der Waals surface area contributed by atoms with E-state index in [1.165, 1.54) is 0 Å². The van der Waals surface area contributed by atoms with Gasteiger partial charge in [-0.25, -0.2) is 4.39 Å². The zero-order valence-corrected chi connectivity index (χ0v) is 8.63. The summed E-state index contributed by atoms with van der Waals surface area (Å²) < 4.78 is 14.3. The number of Topliss-reactive ketones (excluding diaryl/α,β-unsaturated/α-hetero) is 1. The summed E-state index contributed by atoms with van der Waals surface area (Å²) in [4.78, 5) is 11.7. The van der Waals surface area contributed by atoms with Gasteiger partial charge in [0.15, 0.2) is 11.5 Å². The molecular formula is C12H17FO. The van der Waals surface area contributed by atoms with Gasteiger partial charge in [0.05, 0.1) is 0 Å². The Morgan fingerprint density at radius 1 is 1.57 bits per heavy atom. The van der Waals surface area contributed by atoms with Crippen LogP contribution in [0.5, 0.6) is 0 Å². The van der Waals surface area contributed by atoms with Crippen LogP contribution in [0.15, 0.2) is 12.2 Å². The predicted octanol–water partition coefficient (Wildman–Crippen LogP) is 3.05. The molecule has 78 valence electrons. The van der Waals surface area contributed by atoms with Crippen molar-refractivity contribution in [3.05, 3.63) is 12.2 Å². The number of ketones is 1. The molecule has 2 aliphatic rings. The Labute approximate surface area is 84.4 Å². The molecule has 2 heteroatoms. The topological polar surface area (TPSA) is 17.1 Å². The van der Waals surface area contributed by atoms with Gasteiger partial charge in [0.1, 0.15) is 0 Å². The lowest BCUT2D eigenvalue weighted by Crippen LogP contribution is -2.37. The first-order valence-electron chi connectivity index (χ1n) is 5.57. The van der Waals surface area contributed by atoms with E-state index in [1.807, 2.05) is 13.0 Å². The number of fused-ring (bicyclic) bond motifs is 2. The van der Waals surface area contributed by atoms with Crippen LogP contribution in [0.1, 0.15) is 39.0 Å². The molecule has 0 heterocycles. The number of rotatable bonds is 4. The second kappa shape index (κ2) is 3.48. The van der Waals surface area contributed by atoms with E-state index in [0.717, 1.165) is 19.3 Å². The summed E-state index contributed by atoms with van der Waals surface area (Å²) in [5, 5.41) is 0. The summed E-state index contributed by atoms with van der Waals surface area (Å²) in [6, 6.07) is 0. The van der Waals surface area contributed by atoms with Gasteiger partial charge in [0, 0.05) is 12.3 Å². The molecule has 0 amide bonds. The lowest BCUT2D eigenvalue weighted by Gasteiger charge is -2.25. The third-order valence-corrected chi connectivity index (χ3v) is 3.54. The molecule has 1 saturated carbocycles. The van der Waals surface area contributed by atoms with E-state index in [1.54, 1.807) is 0 Å². The molecular weight excluding hydrogens is 179 g/mol. The normalized spacial score (nSPS) is 39.3. The highest BCUT2D eigenvalue weighted by Gasteiger charge is 2.53. The molecule has 2 aliphatic carbocycles. The molecule has 0 radical (unpaired) electrons. The number of allylic oxidation sites excluding steroid dienone is 2. The number of hydrogen-bond donors (Lipinski definition) is 0. The van der Waals surface area contributed by atoms with Crippen molar-refractivity contribution in [2.45, 2.75) is 44.7 Å². The first-order valence-corrected chi connectivity index (χ1v) is 5.57. The van der Waals surface area contributed by atoms with Crippen LogP contribution in [-0.4, -0.2) is 11.5 Å². The lowest BCUT2D eigenvalue weighted by atomic mass is 9.84. The van der Waals surface area contributed by atoms with Crippen molar-refractivity contribution in [2.24, 2.45) is 11.8 Å². The number of alkyl halides is 1. The van der Waals surface area contributed by atoms with Crippen molar-refractivity contribution in [2.75, 3.05) is 0 Å². The van der Waals surface area contributed by atoms with Crippen LogP contribution in [0, 0.1) is 11.8 Å². The highest BCUT2D eigenvalue weighted by molar-refractivity contribution is 5.88. The highest BCUT2D eigenvalue weighted by atomic mass is 19.1. The van der Waals surface area contributed by atoms with E-state index in [-0.39, 0.29) is 11.7 Å². The molecule has 14 heavy (non-hydrogen) atoms. The first kappa shape index (κ1) is 9.88. The molecule has 3 atom stereocenters. The Morgan fingerprint density at radius 3 is 2.86 bits per heavy atom. The smallest absolute Gasteiger partial charge is 0.175 e. The number of halogens is 1. The van der Waals surface area contributed by atoms with Gasteiger partial charge in [-0.1, -0.05) is 25.5 Å². The van der Waals surface area contributed by atoms with E-state index in [4.69, 9.17) is 0 Å². The van der Waals surface area contributed by atoms with E-state index in [0.29, 0.717) is 18.8 Å². The van der Waals surface area contributed by atoms with Crippen LogP contribution < -0.4 is 0 Å². The summed E-state index contributed by atoms with van der Waals surface area (Å²) in [7, 11) is 0. The standard InChI is InChI=1S/C12H17FO/c1-2-3-4-11(14)12(13)8-9-5-6-10(12)7-9/h5-6,9-10H,2-4,7-8H2,1H3/t9-,10+,12-/m1/s1. The maximum atomic E-state index is 14.3. The molecule has 2 rings (SSSR count). The van der Waals surface area contributed by atoms with Gasteiger partial charge >= 0.3 is 0 Å². The van der Waals surface area contributed by atoms with E-state index >= 15 is 0 Å². The van der Waals surface area contributed by atoms with Crippen molar-refractivity contribution in [3.63, 3.8) is 0 Å². The first-order chi connectivity index (χ1) is 6.66. The minimum Gasteiger partial charge on any atom is -0.296 e. The van der Waals surface area contributed by atoms with E-state index in [2.05, 4.69) is 6.08 Å². The van der Waals surface area contributed by atoms with Crippen LogP contribution in [0.3, 0.4) is 0 Å². The van der Waals surface area contributed by atoms with Gasteiger partial charge in [0.2, 0.25) is 0 Å². The fraction of sp³-hybridized carbons (Fsp3) is 0.750. The van der Waals surface area contributed by atoms with Crippen molar-refractivity contribution in [1.82, 2.24) is 0 Å². The average Bonchev–Trinajstić information content (AvgIpc) is 2.73. The zero-order valence-electron chi connectivity index (χ0n) is 8.63. The average molecular weight is 196 g/mol. The Bertz CT molecular complexity index is 271. The van der Waals surface area contributed by atoms with Gasteiger partial charge in [-0.2, -0.15) is 0 Å². The predicted molar refractivity (Wildman–Crippen MR) is 53.7 cm³/mol. The number of hydrogen-bond acceptors (Lipinski definition) is 1. The van der Waals surface area contributed by atoms with E-state index < -0.39 is 5.67 Å². The van der Waals surface area contributed by atoms with Crippen molar-refractivity contribution in [1.29, 1.82) is 0 Å². The quantitative estimate of drug-likeness (QED) is 0.631. The van der Waals surface area contributed by atoms with Crippen molar-refractivity contribution in [3.8, 4) is 0 Å². The SMILES string of the molecule is CCCCC(=O)[C@@]1(F)C[C@@H]2C=C[C@H]1C2. The number of unbranched alkanes of at least 4 members (excludes halogenated alkanes) is 1. The van der Waals surface area contributed by atoms with Gasteiger partial charge in [-0.3, -0.25) is 4.79 Å². The van der Waals surface area contributed by atoms with Crippen LogP contribution in [0.4, 0.5) is 4.39 Å². The van der Waals surface area contributed by atoms with Gasteiger partial charge in [0.25, 0.3) is 0 Å². The Morgan fingerprint density at radius 2 is 2.36 bits per heavy atom. The molecule has 0 saturated heterocycles. The molecule has 0 aromatic rings. The summed E-state index contributed by atoms with van der Waals surface area (Å²) in [5.74, 6) is 0.0589. The molecule has 0 N–H and O–H groups in total. The minimum absolute atomic E-state index is 0.114. The Balaban J connectivity index is 2.03. The molecule has 0 aromatic heterocycles.